The number of phenolic OH excluding ortho intramolecular Hbond substituents is 1. The molecule has 0 spiro atoms. The van der Waals surface area contributed by atoms with Crippen molar-refractivity contribution in [3.63, 3.8) is 0 Å². The Labute approximate surface area is 166 Å². The average Bonchev–Trinajstić information content (AvgIpc) is 2.74. The van der Waals surface area contributed by atoms with E-state index in [2.05, 4.69) is 39.9 Å². The lowest BCUT2D eigenvalue weighted by Gasteiger charge is -2.42. The summed E-state index contributed by atoms with van der Waals surface area (Å²) < 4.78 is 0. The molecule has 6 heteroatoms. The molecule has 1 aromatic carbocycles. The monoisotopic (exact) mass is 377 g/mol. The van der Waals surface area contributed by atoms with Crippen LogP contribution in [-0.4, -0.2) is 52.4 Å². The molecule has 1 saturated heterocycles. The number of fused-ring (bicyclic) bond motifs is 1. The molecular formula is C22H27N5O. The summed E-state index contributed by atoms with van der Waals surface area (Å²) in [7, 11) is 0. The van der Waals surface area contributed by atoms with Crippen LogP contribution in [0.5, 0.6) is 5.75 Å². The number of rotatable bonds is 3. The summed E-state index contributed by atoms with van der Waals surface area (Å²) in [6, 6.07) is 7.51. The number of hydrogen-bond acceptors (Lipinski definition) is 6. The van der Waals surface area contributed by atoms with E-state index in [-0.39, 0.29) is 5.75 Å². The molecule has 2 aliphatic rings. The van der Waals surface area contributed by atoms with E-state index in [1.165, 1.54) is 31.0 Å². The summed E-state index contributed by atoms with van der Waals surface area (Å²) in [5, 5.41) is 28.6. The first kappa shape index (κ1) is 18.7. The minimum absolute atomic E-state index is 0.0786. The highest BCUT2D eigenvalue weighted by Crippen LogP contribution is 2.37. The van der Waals surface area contributed by atoms with Gasteiger partial charge < -0.3 is 14.9 Å². The van der Waals surface area contributed by atoms with Gasteiger partial charge in [-0.1, -0.05) is 6.92 Å². The normalized spacial score (nSPS) is 19.9. The lowest BCUT2D eigenvalue weighted by Crippen LogP contribution is -2.50. The standard InChI is InChI=1S/C22H27N5O/c1-3-26-10-4-6-17(14-26)27-11-5-7-18-15(2)21(24-25-22(18)27)19-9-8-16(13-23)12-20(19)28/h8-9,12,17,28H,3-7,10-11,14H2,1-2H3/t17-/m0/s1. The summed E-state index contributed by atoms with van der Waals surface area (Å²) in [5.41, 5.74) is 4.11. The molecule has 1 aromatic heterocycles. The Bertz CT molecular complexity index is 920. The molecule has 0 aliphatic carbocycles. The Morgan fingerprint density at radius 2 is 2.11 bits per heavy atom. The zero-order chi connectivity index (χ0) is 19.7. The minimum Gasteiger partial charge on any atom is -0.507 e. The molecule has 0 radical (unpaired) electrons. The quantitative estimate of drug-likeness (QED) is 0.885. The van der Waals surface area contributed by atoms with Crippen LogP contribution in [0.25, 0.3) is 11.3 Å². The number of hydrogen-bond donors (Lipinski definition) is 1. The van der Waals surface area contributed by atoms with Crippen molar-refractivity contribution >= 4 is 5.82 Å². The van der Waals surface area contributed by atoms with E-state index >= 15 is 0 Å². The van der Waals surface area contributed by atoms with Gasteiger partial charge in [0.1, 0.15) is 5.75 Å². The maximum Gasteiger partial charge on any atom is 0.155 e. The van der Waals surface area contributed by atoms with Crippen LogP contribution in [0, 0.1) is 18.3 Å². The zero-order valence-electron chi connectivity index (χ0n) is 16.6. The van der Waals surface area contributed by atoms with Crippen molar-refractivity contribution in [2.24, 2.45) is 0 Å². The lowest BCUT2D eigenvalue weighted by atomic mass is 9.94. The van der Waals surface area contributed by atoms with E-state index < -0.39 is 0 Å². The average molecular weight is 377 g/mol. The predicted octanol–water partition coefficient (Wildman–Crippen LogP) is 3.27. The van der Waals surface area contributed by atoms with Gasteiger partial charge in [0.15, 0.2) is 5.82 Å². The molecule has 3 heterocycles. The van der Waals surface area contributed by atoms with Crippen LogP contribution in [-0.2, 0) is 6.42 Å². The highest BCUT2D eigenvalue weighted by atomic mass is 16.3. The molecule has 146 valence electrons. The number of piperidine rings is 1. The van der Waals surface area contributed by atoms with E-state index in [0.717, 1.165) is 43.9 Å². The number of phenols is 1. The van der Waals surface area contributed by atoms with E-state index in [4.69, 9.17) is 5.26 Å². The first-order valence-corrected chi connectivity index (χ1v) is 10.2. The second-order valence-corrected chi connectivity index (χ2v) is 7.81. The van der Waals surface area contributed by atoms with Gasteiger partial charge in [-0.25, -0.2) is 0 Å². The summed E-state index contributed by atoms with van der Waals surface area (Å²) in [5.74, 6) is 1.10. The van der Waals surface area contributed by atoms with Gasteiger partial charge in [0.25, 0.3) is 0 Å². The number of benzene rings is 1. The summed E-state index contributed by atoms with van der Waals surface area (Å²) >= 11 is 0. The molecule has 1 fully saturated rings. The molecule has 4 rings (SSSR count). The number of nitriles is 1. The van der Waals surface area contributed by atoms with E-state index in [1.54, 1.807) is 12.1 Å². The second-order valence-electron chi connectivity index (χ2n) is 7.81. The summed E-state index contributed by atoms with van der Waals surface area (Å²) in [6.07, 6.45) is 4.53. The molecule has 2 aromatic rings. The Morgan fingerprint density at radius 3 is 2.86 bits per heavy atom. The van der Waals surface area contributed by atoms with Crippen molar-refractivity contribution < 1.29 is 5.11 Å². The molecule has 2 aliphatic heterocycles. The minimum atomic E-state index is 0.0786. The molecule has 0 unspecified atom stereocenters. The first-order chi connectivity index (χ1) is 13.6. The van der Waals surface area contributed by atoms with Crippen LogP contribution in [0.3, 0.4) is 0 Å². The summed E-state index contributed by atoms with van der Waals surface area (Å²) in [6.45, 7) is 8.71. The number of nitrogens with zero attached hydrogens (tertiary/aromatic N) is 5. The van der Waals surface area contributed by atoms with Crippen molar-refractivity contribution in [3.8, 4) is 23.1 Å². The Balaban J connectivity index is 1.70. The maximum atomic E-state index is 10.4. The summed E-state index contributed by atoms with van der Waals surface area (Å²) in [4.78, 5) is 4.98. The number of aromatic nitrogens is 2. The van der Waals surface area contributed by atoms with Crippen LogP contribution in [0.2, 0.25) is 0 Å². The Hall–Kier alpha value is -2.65. The third kappa shape index (κ3) is 3.31. The molecule has 0 amide bonds. The van der Waals surface area contributed by atoms with Gasteiger partial charge in [-0.2, -0.15) is 5.26 Å². The fourth-order valence-electron chi connectivity index (χ4n) is 4.59. The number of aromatic hydroxyl groups is 1. The fourth-order valence-corrected chi connectivity index (χ4v) is 4.59. The van der Waals surface area contributed by atoms with Crippen LogP contribution in [0.1, 0.15) is 42.9 Å². The Morgan fingerprint density at radius 1 is 1.25 bits per heavy atom. The molecule has 1 N–H and O–H groups in total. The second kappa shape index (κ2) is 7.76. The van der Waals surface area contributed by atoms with Crippen LogP contribution >= 0.6 is 0 Å². The molecule has 28 heavy (non-hydrogen) atoms. The van der Waals surface area contributed by atoms with E-state index in [0.29, 0.717) is 22.9 Å². The van der Waals surface area contributed by atoms with Gasteiger partial charge in [-0.3, -0.25) is 0 Å². The van der Waals surface area contributed by atoms with Gasteiger partial charge in [-0.15, -0.1) is 10.2 Å². The molecule has 0 saturated carbocycles. The van der Waals surface area contributed by atoms with Gasteiger partial charge in [-0.05, 0) is 69.5 Å². The third-order valence-electron chi connectivity index (χ3n) is 6.17. The largest absolute Gasteiger partial charge is 0.507 e. The van der Waals surface area contributed by atoms with Crippen LogP contribution in [0.4, 0.5) is 5.82 Å². The maximum absolute atomic E-state index is 10.4. The van der Waals surface area contributed by atoms with E-state index in [1.807, 2.05) is 0 Å². The van der Waals surface area contributed by atoms with Crippen molar-refractivity contribution in [3.05, 3.63) is 34.9 Å². The van der Waals surface area contributed by atoms with Gasteiger partial charge in [0.2, 0.25) is 0 Å². The lowest BCUT2D eigenvalue weighted by molar-refractivity contribution is 0.211. The molecule has 6 nitrogen and oxygen atoms in total. The predicted molar refractivity (Wildman–Crippen MR) is 109 cm³/mol. The highest BCUT2D eigenvalue weighted by molar-refractivity contribution is 5.73. The van der Waals surface area contributed by atoms with Crippen molar-refractivity contribution in [1.82, 2.24) is 15.1 Å². The molecular weight excluding hydrogens is 350 g/mol. The highest BCUT2D eigenvalue weighted by Gasteiger charge is 2.31. The zero-order valence-corrected chi connectivity index (χ0v) is 16.6. The number of likely N-dealkylation sites (N-methyl/N-ethyl adjacent to an activating group) is 1. The van der Waals surface area contributed by atoms with Gasteiger partial charge >= 0.3 is 0 Å². The van der Waals surface area contributed by atoms with Crippen molar-refractivity contribution in [2.45, 2.75) is 45.6 Å². The van der Waals surface area contributed by atoms with Crippen LogP contribution in [0.15, 0.2) is 18.2 Å². The van der Waals surface area contributed by atoms with E-state index in [9.17, 15) is 5.11 Å². The fraction of sp³-hybridized carbons (Fsp3) is 0.500. The number of likely N-dealkylation sites (tertiary alicyclic amines) is 1. The topological polar surface area (TPSA) is 76.3 Å². The smallest absolute Gasteiger partial charge is 0.155 e. The van der Waals surface area contributed by atoms with Crippen molar-refractivity contribution in [1.29, 1.82) is 5.26 Å². The SMILES string of the molecule is CCN1CCC[C@H](N2CCCc3c2nnc(-c2ccc(C#N)cc2O)c3C)C1. The molecule has 0 bridgehead atoms. The first-order valence-electron chi connectivity index (χ1n) is 10.2. The molecule has 1 atom stereocenters. The van der Waals surface area contributed by atoms with Gasteiger partial charge in [0, 0.05) is 30.3 Å². The Kier molecular flexibility index (Phi) is 5.19. The third-order valence-corrected chi connectivity index (χ3v) is 6.17. The number of anilines is 1. The van der Waals surface area contributed by atoms with Crippen molar-refractivity contribution in [2.75, 3.05) is 31.1 Å². The van der Waals surface area contributed by atoms with Crippen LogP contribution < -0.4 is 4.90 Å². The van der Waals surface area contributed by atoms with Gasteiger partial charge in [0.05, 0.1) is 17.3 Å².